The first-order valence-corrected chi connectivity index (χ1v) is 10.7. The number of fused-ring (bicyclic) bond motifs is 1. The van der Waals surface area contributed by atoms with Gasteiger partial charge < -0.3 is 9.30 Å². The molecule has 2 aromatic heterocycles. The van der Waals surface area contributed by atoms with Crippen LogP contribution in [-0.2, 0) is 12.7 Å². The first-order chi connectivity index (χ1) is 15.8. The molecule has 6 nitrogen and oxygen atoms in total. The number of rotatable bonds is 4. The molecule has 9 heteroatoms. The minimum Gasteiger partial charge on any atom is -0.495 e. The van der Waals surface area contributed by atoms with Crippen molar-refractivity contribution in [3.8, 4) is 22.8 Å². The van der Waals surface area contributed by atoms with E-state index < -0.39 is 17.7 Å². The monoisotopic (exact) mass is 453 g/mol. The van der Waals surface area contributed by atoms with Crippen molar-refractivity contribution in [2.24, 2.45) is 0 Å². The molecular formula is C24H22F3N5O. The molecule has 5 rings (SSSR count). The summed E-state index contributed by atoms with van der Waals surface area (Å²) in [4.78, 5) is 8.95. The SMILES string of the molecule is COc1cc(-c2nc3n(n2)CCC[C@@H]3c2ccccc2C(F)(F)F)ccc1-n1cnc(C)c1. The Morgan fingerprint density at radius 2 is 1.94 bits per heavy atom. The van der Waals surface area contributed by atoms with Crippen LogP contribution in [0, 0.1) is 6.92 Å². The fraction of sp³-hybridized carbons (Fsp3) is 0.292. The van der Waals surface area contributed by atoms with Gasteiger partial charge in [-0.25, -0.2) is 14.6 Å². The molecule has 3 heterocycles. The summed E-state index contributed by atoms with van der Waals surface area (Å²) in [5.41, 5.74) is 2.07. The lowest BCUT2D eigenvalue weighted by molar-refractivity contribution is -0.138. The van der Waals surface area contributed by atoms with Gasteiger partial charge in [0.25, 0.3) is 0 Å². The van der Waals surface area contributed by atoms with Crippen molar-refractivity contribution in [1.82, 2.24) is 24.3 Å². The predicted molar refractivity (Wildman–Crippen MR) is 116 cm³/mol. The van der Waals surface area contributed by atoms with Crippen molar-refractivity contribution >= 4 is 0 Å². The lowest BCUT2D eigenvalue weighted by atomic mass is 9.88. The Morgan fingerprint density at radius 1 is 1.12 bits per heavy atom. The molecule has 170 valence electrons. The molecule has 33 heavy (non-hydrogen) atoms. The standard InChI is InChI=1S/C24H22F3N5O/c1-15-13-31(14-28-15)20-10-9-16(12-21(20)33-2)22-29-23-18(7-5-11-32(23)30-22)17-6-3-4-8-19(17)24(25,26)27/h3-4,6,8-10,12-14,18H,5,7,11H2,1-2H3/t18-/m1/s1. The lowest BCUT2D eigenvalue weighted by Crippen LogP contribution is -2.21. The van der Waals surface area contributed by atoms with Crippen molar-refractivity contribution in [3.63, 3.8) is 0 Å². The number of imidazole rings is 1. The highest BCUT2D eigenvalue weighted by molar-refractivity contribution is 5.63. The fourth-order valence-corrected chi connectivity index (χ4v) is 4.41. The molecule has 0 saturated carbocycles. The van der Waals surface area contributed by atoms with Crippen molar-refractivity contribution in [3.05, 3.63) is 77.6 Å². The van der Waals surface area contributed by atoms with E-state index in [-0.39, 0.29) is 5.56 Å². The van der Waals surface area contributed by atoms with E-state index >= 15 is 0 Å². The van der Waals surface area contributed by atoms with E-state index in [9.17, 15) is 13.2 Å². The molecular weight excluding hydrogens is 431 g/mol. The van der Waals surface area contributed by atoms with Crippen LogP contribution in [-0.4, -0.2) is 31.4 Å². The molecule has 1 atom stereocenters. The summed E-state index contributed by atoms with van der Waals surface area (Å²) < 4.78 is 50.1. The third-order valence-electron chi connectivity index (χ3n) is 5.94. The number of benzene rings is 2. The predicted octanol–water partition coefficient (Wildman–Crippen LogP) is 5.39. The molecule has 0 unspecified atom stereocenters. The second-order valence-electron chi connectivity index (χ2n) is 8.11. The number of nitrogens with zero attached hydrogens (tertiary/aromatic N) is 5. The van der Waals surface area contributed by atoms with Gasteiger partial charge in [-0.3, -0.25) is 0 Å². The zero-order chi connectivity index (χ0) is 23.2. The Kier molecular flexibility index (Phi) is 5.19. The maximum Gasteiger partial charge on any atom is 0.416 e. The van der Waals surface area contributed by atoms with Crippen molar-refractivity contribution in [2.45, 2.75) is 38.4 Å². The highest BCUT2D eigenvalue weighted by atomic mass is 19.4. The zero-order valence-electron chi connectivity index (χ0n) is 18.2. The Bertz CT molecular complexity index is 1310. The van der Waals surface area contributed by atoms with Gasteiger partial charge >= 0.3 is 6.18 Å². The summed E-state index contributed by atoms with van der Waals surface area (Å²) in [6.07, 6.45) is 0.510. The number of methoxy groups -OCH3 is 1. The Labute approximate surface area is 188 Å². The van der Waals surface area contributed by atoms with Crippen LogP contribution in [0.5, 0.6) is 5.75 Å². The fourth-order valence-electron chi connectivity index (χ4n) is 4.41. The molecule has 1 aliphatic rings. The topological polar surface area (TPSA) is 57.8 Å². The molecule has 0 bridgehead atoms. The first kappa shape index (κ1) is 21.2. The van der Waals surface area contributed by atoms with Crippen LogP contribution in [0.25, 0.3) is 17.1 Å². The number of aryl methyl sites for hydroxylation is 2. The van der Waals surface area contributed by atoms with Gasteiger partial charge in [-0.05, 0) is 49.6 Å². The van der Waals surface area contributed by atoms with Crippen molar-refractivity contribution in [2.75, 3.05) is 7.11 Å². The van der Waals surface area contributed by atoms with Gasteiger partial charge in [0.2, 0.25) is 0 Å². The number of hydrogen-bond donors (Lipinski definition) is 0. The van der Waals surface area contributed by atoms with Gasteiger partial charge in [0.15, 0.2) is 5.82 Å². The van der Waals surface area contributed by atoms with Crippen molar-refractivity contribution in [1.29, 1.82) is 0 Å². The maximum atomic E-state index is 13.6. The normalized spacial score (nSPS) is 16.0. The minimum absolute atomic E-state index is 0.244. The van der Waals surface area contributed by atoms with E-state index in [1.165, 1.54) is 6.07 Å². The Balaban J connectivity index is 1.55. The van der Waals surface area contributed by atoms with Gasteiger partial charge in [0.1, 0.15) is 11.6 Å². The number of halogens is 3. The second-order valence-corrected chi connectivity index (χ2v) is 8.11. The van der Waals surface area contributed by atoms with Gasteiger partial charge in [-0.1, -0.05) is 18.2 Å². The van der Waals surface area contributed by atoms with E-state index in [0.717, 1.165) is 29.4 Å². The maximum absolute atomic E-state index is 13.6. The molecule has 0 N–H and O–H groups in total. The molecule has 0 saturated heterocycles. The van der Waals surface area contributed by atoms with E-state index in [1.807, 2.05) is 35.9 Å². The summed E-state index contributed by atoms with van der Waals surface area (Å²) in [5, 5.41) is 4.62. The van der Waals surface area contributed by atoms with E-state index in [1.54, 1.807) is 30.3 Å². The highest BCUT2D eigenvalue weighted by Crippen LogP contribution is 2.41. The second kappa shape index (κ2) is 8.06. The molecule has 0 fully saturated rings. The van der Waals surface area contributed by atoms with Crippen LogP contribution in [0.1, 0.15) is 41.4 Å². The quantitative estimate of drug-likeness (QED) is 0.416. The summed E-state index contributed by atoms with van der Waals surface area (Å²) >= 11 is 0. The molecule has 0 radical (unpaired) electrons. The van der Waals surface area contributed by atoms with Crippen LogP contribution >= 0.6 is 0 Å². The third kappa shape index (κ3) is 3.88. The van der Waals surface area contributed by atoms with Crippen LogP contribution in [0.4, 0.5) is 13.2 Å². The van der Waals surface area contributed by atoms with Gasteiger partial charge in [-0.2, -0.15) is 18.3 Å². The minimum atomic E-state index is -4.42. The molecule has 0 spiro atoms. The zero-order valence-corrected chi connectivity index (χ0v) is 18.2. The van der Waals surface area contributed by atoms with Gasteiger partial charge in [-0.15, -0.1) is 0 Å². The van der Waals surface area contributed by atoms with Crippen LogP contribution in [0.2, 0.25) is 0 Å². The van der Waals surface area contributed by atoms with Crippen LogP contribution < -0.4 is 4.74 Å². The molecule has 1 aliphatic heterocycles. The largest absolute Gasteiger partial charge is 0.495 e. The van der Waals surface area contributed by atoms with Gasteiger partial charge in [0, 0.05) is 24.2 Å². The number of aromatic nitrogens is 5. The number of ether oxygens (including phenoxy) is 1. The number of hydrogen-bond acceptors (Lipinski definition) is 4. The smallest absolute Gasteiger partial charge is 0.416 e. The van der Waals surface area contributed by atoms with Crippen LogP contribution in [0.3, 0.4) is 0 Å². The average molecular weight is 453 g/mol. The Hall–Kier alpha value is -3.62. The third-order valence-corrected chi connectivity index (χ3v) is 5.94. The van der Waals surface area contributed by atoms with E-state index in [4.69, 9.17) is 9.72 Å². The molecule has 0 aliphatic carbocycles. The average Bonchev–Trinajstić information content (AvgIpc) is 3.44. The van der Waals surface area contributed by atoms with Crippen molar-refractivity contribution < 1.29 is 17.9 Å². The molecule has 2 aromatic carbocycles. The van der Waals surface area contributed by atoms with E-state index in [0.29, 0.717) is 30.4 Å². The summed E-state index contributed by atoms with van der Waals surface area (Å²) in [5.74, 6) is 1.18. The number of alkyl halides is 3. The summed E-state index contributed by atoms with van der Waals surface area (Å²) in [6, 6.07) is 11.3. The Morgan fingerprint density at radius 3 is 2.67 bits per heavy atom. The summed E-state index contributed by atoms with van der Waals surface area (Å²) in [7, 11) is 1.59. The molecule has 0 amide bonds. The highest BCUT2D eigenvalue weighted by Gasteiger charge is 2.37. The van der Waals surface area contributed by atoms with Crippen LogP contribution in [0.15, 0.2) is 55.0 Å². The molecule has 4 aromatic rings. The lowest BCUT2D eigenvalue weighted by Gasteiger charge is -2.25. The van der Waals surface area contributed by atoms with Gasteiger partial charge in [0.05, 0.1) is 30.4 Å². The van der Waals surface area contributed by atoms with E-state index in [2.05, 4.69) is 10.1 Å². The first-order valence-electron chi connectivity index (χ1n) is 10.7. The summed E-state index contributed by atoms with van der Waals surface area (Å²) in [6.45, 7) is 2.53.